The van der Waals surface area contributed by atoms with Crippen LogP contribution in [-0.4, -0.2) is 25.7 Å². The highest BCUT2D eigenvalue weighted by atomic mass is 16.6. The number of nitrogens with one attached hydrogen (secondary N) is 1. The number of H-pyrrole nitrogens is 1. The van der Waals surface area contributed by atoms with Gasteiger partial charge in [0.05, 0.1) is 10.5 Å². The fourth-order valence-electron chi connectivity index (χ4n) is 3.58. The molecule has 156 valence electrons. The van der Waals surface area contributed by atoms with E-state index in [1.165, 1.54) is 17.7 Å². The topological polar surface area (TPSA) is 92.1 Å². The third-order valence-corrected chi connectivity index (χ3v) is 5.29. The number of non-ortho nitro benzene ring substituents is 1. The van der Waals surface area contributed by atoms with Crippen molar-refractivity contribution in [2.75, 3.05) is 0 Å². The molecule has 4 aromatic rings. The molecule has 2 aromatic heterocycles. The number of nitrogens with zero attached hydrogens (tertiary/aromatic N) is 3. The van der Waals surface area contributed by atoms with Crippen LogP contribution >= 0.6 is 0 Å². The quantitative estimate of drug-likeness (QED) is 0.345. The van der Waals surface area contributed by atoms with Crippen molar-refractivity contribution in [2.45, 2.75) is 26.4 Å². The molecule has 0 aliphatic rings. The number of fused-ring (bicyclic) bond motifs is 1. The van der Waals surface area contributed by atoms with Gasteiger partial charge in [0, 0.05) is 54.7 Å². The summed E-state index contributed by atoms with van der Waals surface area (Å²) in [4.78, 5) is 33.2. The molecule has 0 aliphatic heterocycles. The summed E-state index contributed by atoms with van der Waals surface area (Å²) in [6, 6.07) is 16.4. The number of nitro groups is 1. The van der Waals surface area contributed by atoms with Crippen molar-refractivity contribution in [1.29, 1.82) is 0 Å². The Morgan fingerprint density at radius 2 is 1.81 bits per heavy atom. The molecule has 0 fully saturated rings. The third-order valence-electron chi connectivity index (χ3n) is 5.29. The van der Waals surface area contributed by atoms with Gasteiger partial charge in [-0.3, -0.25) is 19.9 Å². The third kappa shape index (κ3) is 4.45. The summed E-state index contributed by atoms with van der Waals surface area (Å²) >= 11 is 0. The molecule has 31 heavy (non-hydrogen) atoms. The van der Waals surface area contributed by atoms with Crippen LogP contribution in [0.4, 0.5) is 5.69 Å². The second-order valence-corrected chi connectivity index (χ2v) is 7.38. The highest BCUT2D eigenvalue weighted by Gasteiger charge is 2.21. The first kappa shape index (κ1) is 20.3. The van der Waals surface area contributed by atoms with Crippen molar-refractivity contribution in [1.82, 2.24) is 14.9 Å². The maximum Gasteiger partial charge on any atom is 0.270 e. The van der Waals surface area contributed by atoms with Gasteiger partial charge >= 0.3 is 0 Å². The Morgan fingerprint density at radius 3 is 2.48 bits per heavy atom. The first-order valence-electron chi connectivity index (χ1n) is 10.1. The molecule has 7 heteroatoms. The molecular weight excluding hydrogens is 392 g/mol. The molecule has 2 aromatic carbocycles. The van der Waals surface area contributed by atoms with E-state index in [1.54, 1.807) is 29.6 Å². The van der Waals surface area contributed by atoms with Gasteiger partial charge < -0.3 is 9.88 Å². The molecule has 0 saturated heterocycles. The molecule has 7 nitrogen and oxygen atoms in total. The average molecular weight is 414 g/mol. The Morgan fingerprint density at radius 1 is 1.06 bits per heavy atom. The van der Waals surface area contributed by atoms with E-state index >= 15 is 0 Å². The van der Waals surface area contributed by atoms with Crippen molar-refractivity contribution in [3.63, 3.8) is 0 Å². The van der Waals surface area contributed by atoms with Crippen LogP contribution < -0.4 is 0 Å². The number of carbonyl (C=O) groups is 1. The van der Waals surface area contributed by atoms with Gasteiger partial charge in [-0.1, -0.05) is 37.3 Å². The Balaban J connectivity index is 1.69. The first-order valence-corrected chi connectivity index (χ1v) is 10.1. The lowest BCUT2D eigenvalue weighted by atomic mass is 10.1. The van der Waals surface area contributed by atoms with E-state index < -0.39 is 4.92 Å². The molecule has 0 bridgehead atoms. The number of aromatic amines is 1. The second-order valence-electron chi connectivity index (χ2n) is 7.38. The monoisotopic (exact) mass is 414 g/mol. The highest BCUT2D eigenvalue weighted by molar-refractivity contribution is 6.07. The summed E-state index contributed by atoms with van der Waals surface area (Å²) in [5, 5.41) is 11.7. The molecule has 0 aliphatic carbocycles. The fraction of sp³-hybridized carbons (Fsp3) is 0.167. The van der Waals surface area contributed by atoms with Crippen LogP contribution in [0, 0.1) is 10.1 Å². The zero-order valence-corrected chi connectivity index (χ0v) is 17.1. The van der Waals surface area contributed by atoms with E-state index in [2.05, 4.69) is 29.0 Å². The number of nitro benzene ring substituents is 1. The van der Waals surface area contributed by atoms with E-state index in [4.69, 9.17) is 0 Å². The zero-order valence-electron chi connectivity index (χ0n) is 17.1. The summed E-state index contributed by atoms with van der Waals surface area (Å²) in [5.74, 6) is -0.199. The number of rotatable bonds is 7. The van der Waals surface area contributed by atoms with Crippen molar-refractivity contribution < 1.29 is 9.72 Å². The fourth-order valence-corrected chi connectivity index (χ4v) is 3.58. The van der Waals surface area contributed by atoms with Gasteiger partial charge in [0.15, 0.2) is 0 Å². The lowest BCUT2D eigenvalue weighted by molar-refractivity contribution is -0.384. The number of amides is 1. The van der Waals surface area contributed by atoms with Crippen molar-refractivity contribution in [3.8, 4) is 0 Å². The molecule has 1 N–H and O–H groups in total. The van der Waals surface area contributed by atoms with Gasteiger partial charge in [-0.2, -0.15) is 0 Å². The Labute approximate surface area is 179 Å². The predicted molar refractivity (Wildman–Crippen MR) is 119 cm³/mol. The van der Waals surface area contributed by atoms with Crippen molar-refractivity contribution in [2.24, 2.45) is 0 Å². The van der Waals surface area contributed by atoms with Crippen molar-refractivity contribution in [3.05, 3.63) is 106 Å². The standard InChI is InChI=1S/C24H22N4O3/c1-2-17-5-7-18(8-6-17)15-27(16-19-4-3-11-25-13-19)24(29)22-14-26-23-10-9-20(28(30)31)12-21(22)23/h3-14,26H,2,15-16H2,1H3. The van der Waals surface area contributed by atoms with Crippen molar-refractivity contribution >= 4 is 22.5 Å². The molecule has 2 heterocycles. The lowest BCUT2D eigenvalue weighted by Crippen LogP contribution is -2.30. The summed E-state index contributed by atoms with van der Waals surface area (Å²) in [6.07, 6.45) is 6.00. The van der Waals surface area contributed by atoms with Crippen LogP contribution in [0.5, 0.6) is 0 Å². The summed E-state index contributed by atoms with van der Waals surface area (Å²) < 4.78 is 0. The lowest BCUT2D eigenvalue weighted by Gasteiger charge is -2.23. The van der Waals surface area contributed by atoms with Crippen LogP contribution in [0.3, 0.4) is 0 Å². The molecule has 0 radical (unpaired) electrons. The highest BCUT2D eigenvalue weighted by Crippen LogP contribution is 2.26. The predicted octanol–water partition coefficient (Wildman–Crippen LogP) is 4.88. The number of pyridine rings is 1. The largest absolute Gasteiger partial charge is 0.360 e. The van der Waals surface area contributed by atoms with Crippen LogP contribution in [0.2, 0.25) is 0 Å². The van der Waals surface area contributed by atoms with Crippen LogP contribution in [0.1, 0.15) is 34.0 Å². The van der Waals surface area contributed by atoms with E-state index in [1.807, 2.05) is 24.3 Å². The number of hydrogen-bond acceptors (Lipinski definition) is 4. The van der Waals surface area contributed by atoms with Gasteiger partial charge in [-0.05, 0) is 35.2 Å². The Kier molecular flexibility index (Phi) is 5.75. The minimum atomic E-state index is -0.455. The number of aryl methyl sites for hydroxylation is 1. The maximum absolute atomic E-state index is 13.5. The van der Waals surface area contributed by atoms with Crippen LogP contribution in [0.25, 0.3) is 10.9 Å². The molecular formula is C24H22N4O3. The smallest absolute Gasteiger partial charge is 0.270 e. The maximum atomic E-state index is 13.5. The Bertz CT molecular complexity index is 1220. The summed E-state index contributed by atoms with van der Waals surface area (Å²) in [5.41, 5.74) is 4.20. The second kappa shape index (κ2) is 8.79. The Hall–Kier alpha value is -4.00. The van der Waals surface area contributed by atoms with Gasteiger partial charge in [-0.25, -0.2) is 0 Å². The first-order chi connectivity index (χ1) is 15.0. The minimum absolute atomic E-state index is 0.0462. The average Bonchev–Trinajstić information content (AvgIpc) is 3.22. The molecule has 1 amide bonds. The number of carbonyl (C=O) groups excluding carboxylic acids is 1. The molecule has 0 spiro atoms. The van der Waals surface area contributed by atoms with Crippen LogP contribution in [-0.2, 0) is 19.5 Å². The number of hydrogen-bond donors (Lipinski definition) is 1. The normalized spacial score (nSPS) is 10.9. The SMILES string of the molecule is CCc1ccc(CN(Cc2cccnc2)C(=O)c2c[nH]c3ccc([N+](=O)[O-])cc23)cc1. The van der Waals surface area contributed by atoms with E-state index in [-0.39, 0.29) is 11.6 Å². The summed E-state index contributed by atoms with van der Waals surface area (Å²) in [6.45, 7) is 2.90. The molecule has 0 saturated carbocycles. The van der Waals surface area contributed by atoms with Crippen LogP contribution in [0.15, 0.2) is 73.2 Å². The van der Waals surface area contributed by atoms with Gasteiger partial charge in [0.25, 0.3) is 11.6 Å². The van der Waals surface area contributed by atoms with Gasteiger partial charge in [-0.15, -0.1) is 0 Å². The number of benzene rings is 2. The molecule has 0 unspecified atom stereocenters. The van der Waals surface area contributed by atoms with Gasteiger partial charge in [0.2, 0.25) is 0 Å². The number of aromatic nitrogens is 2. The van der Waals surface area contributed by atoms with E-state index in [0.29, 0.717) is 29.6 Å². The van der Waals surface area contributed by atoms with E-state index in [9.17, 15) is 14.9 Å². The minimum Gasteiger partial charge on any atom is -0.360 e. The van der Waals surface area contributed by atoms with Gasteiger partial charge in [0.1, 0.15) is 0 Å². The molecule has 4 rings (SSSR count). The zero-order chi connectivity index (χ0) is 21.8. The van der Waals surface area contributed by atoms with E-state index in [0.717, 1.165) is 17.5 Å². The summed E-state index contributed by atoms with van der Waals surface area (Å²) in [7, 11) is 0. The molecule has 0 atom stereocenters.